The number of anilines is 1. The Kier molecular flexibility index (Phi) is 6.73. The van der Waals surface area contributed by atoms with Crippen LogP contribution in [0, 0.1) is 0 Å². The van der Waals surface area contributed by atoms with E-state index in [4.69, 9.17) is 11.6 Å². The van der Waals surface area contributed by atoms with Crippen LogP contribution in [0.1, 0.15) is 25.0 Å². The number of carbonyl (C=O) groups excluding carboxylic acids is 2. The molecule has 3 rings (SSSR count). The van der Waals surface area contributed by atoms with Crippen LogP contribution in [0.5, 0.6) is 0 Å². The third kappa shape index (κ3) is 5.08. The Balaban J connectivity index is 1.93. The molecule has 0 aliphatic carbocycles. The van der Waals surface area contributed by atoms with E-state index in [0.717, 1.165) is 28.1 Å². The molecule has 2 aromatic rings. The molecule has 1 atom stereocenters. The second-order valence-corrected chi connectivity index (χ2v) is 10.3. The van der Waals surface area contributed by atoms with E-state index in [9.17, 15) is 18.0 Å². The minimum atomic E-state index is -3.66. The van der Waals surface area contributed by atoms with Gasteiger partial charge in [-0.2, -0.15) is 4.31 Å². The summed E-state index contributed by atoms with van der Waals surface area (Å²) in [5.74, 6) is -0.895. The van der Waals surface area contributed by atoms with Crippen LogP contribution in [0.3, 0.4) is 0 Å². The lowest BCUT2D eigenvalue weighted by molar-refractivity contribution is -0.133. The number of piperazine rings is 1. The molecular formula is C22H26ClN3O4S. The number of nitrogens with one attached hydrogen (secondary N) is 1. The number of hydrogen-bond acceptors (Lipinski definition) is 4. The van der Waals surface area contributed by atoms with Gasteiger partial charge in [-0.25, -0.2) is 8.42 Å². The van der Waals surface area contributed by atoms with Crippen molar-refractivity contribution in [1.82, 2.24) is 9.62 Å². The summed E-state index contributed by atoms with van der Waals surface area (Å²) in [5, 5.41) is 3.43. The van der Waals surface area contributed by atoms with Crippen LogP contribution in [0.25, 0.3) is 0 Å². The maximum atomic E-state index is 13.3. The minimum Gasteiger partial charge on any atom is -0.350 e. The van der Waals surface area contributed by atoms with Gasteiger partial charge >= 0.3 is 0 Å². The Hall–Kier alpha value is -2.42. The van der Waals surface area contributed by atoms with Crippen molar-refractivity contribution in [3.63, 3.8) is 0 Å². The molecule has 1 aliphatic heterocycles. The molecule has 1 heterocycles. The molecule has 31 heavy (non-hydrogen) atoms. The van der Waals surface area contributed by atoms with Crippen LogP contribution < -0.4 is 10.2 Å². The molecule has 0 radical (unpaired) electrons. The van der Waals surface area contributed by atoms with Gasteiger partial charge in [0, 0.05) is 23.8 Å². The van der Waals surface area contributed by atoms with Gasteiger partial charge in [-0.3, -0.25) is 14.5 Å². The van der Waals surface area contributed by atoms with Crippen molar-refractivity contribution >= 4 is 39.1 Å². The van der Waals surface area contributed by atoms with Crippen LogP contribution in [-0.2, 0) is 32.6 Å². The molecule has 0 bridgehead atoms. The summed E-state index contributed by atoms with van der Waals surface area (Å²) in [5.41, 5.74) is 1.07. The molecule has 1 saturated heterocycles. The number of rotatable bonds is 6. The first-order valence-corrected chi connectivity index (χ1v) is 12.2. The molecule has 1 N–H and O–H groups in total. The highest BCUT2D eigenvalue weighted by Gasteiger charge is 2.50. The Morgan fingerprint density at radius 3 is 2.23 bits per heavy atom. The maximum Gasteiger partial charge on any atom is 0.247 e. The average Bonchev–Trinajstić information content (AvgIpc) is 2.72. The lowest BCUT2D eigenvalue weighted by Gasteiger charge is -2.46. The van der Waals surface area contributed by atoms with Gasteiger partial charge in [-0.1, -0.05) is 42.8 Å². The highest BCUT2D eigenvalue weighted by atomic mass is 35.5. The van der Waals surface area contributed by atoms with Crippen molar-refractivity contribution in [2.24, 2.45) is 0 Å². The summed E-state index contributed by atoms with van der Waals surface area (Å²) >= 11 is 5.91. The fraction of sp³-hybridized carbons (Fsp3) is 0.364. The first kappa shape index (κ1) is 23.2. The van der Waals surface area contributed by atoms with Crippen molar-refractivity contribution in [2.45, 2.75) is 32.4 Å². The van der Waals surface area contributed by atoms with E-state index in [1.807, 2.05) is 19.1 Å². The molecule has 0 unspecified atom stereocenters. The van der Waals surface area contributed by atoms with E-state index in [0.29, 0.717) is 10.7 Å². The Bertz CT molecular complexity index is 1070. The van der Waals surface area contributed by atoms with E-state index >= 15 is 0 Å². The summed E-state index contributed by atoms with van der Waals surface area (Å²) < 4.78 is 25.4. The maximum absolute atomic E-state index is 13.3. The minimum absolute atomic E-state index is 0.139. The van der Waals surface area contributed by atoms with Gasteiger partial charge < -0.3 is 5.32 Å². The van der Waals surface area contributed by atoms with Gasteiger partial charge in [0.05, 0.1) is 12.8 Å². The summed E-state index contributed by atoms with van der Waals surface area (Å²) in [6.45, 7) is 3.39. The number of hydrogen-bond donors (Lipinski definition) is 1. The second kappa shape index (κ2) is 8.98. The Morgan fingerprint density at radius 2 is 1.68 bits per heavy atom. The number of amides is 2. The van der Waals surface area contributed by atoms with Gasteiger partial charge in [-0.05, 0) is 48.7 Å². The monoisotopic (exact) mass is 463 g/mol. The molecular weight excluding hydrogens is 438 g/mol. The van der Waals surface area contributed by atoms with Crippen LogP contribution in [-0.4, -0.2) is 49.4 Å². The largest absolute Gasteiger partial charge is 0.350 e. The molecule has 0 aromatic heterocycles. The fourth-order valence-corrected chi connectivity index (χ4v) is 4.62. The third-order valence-corrected chi connectivity index (χ3v) is 6.91. The molecule has 2 amide bonds. The molecule has 9 heteroatoms. The summed E-state index contributed by atoms with van der Waals surface area (Å²) in [7, 11) is -3.66. The summed E-state index contributed by atoms with van der Waals surface area (Å²) in [4.78, 5) is 27.8. The van der Waals surface area contributed by atoms with Crippen molar-refractivity contribution in [3.05, 3.63) is 64.7 Å². The lowest BCUT2D eigenvalue weighted by atomic mass is 9.94. The molecule has 0 spiro atoms. The number of aryl methyl sites for hydroxylation is 1. The zero-order valence-corrected chi connectivity index (χ0v) is 19.3. The first-order valence-electron chi connectivity index (χ1n) is 9.94. The van der Waals surface area contributed by atoms with Crippen LogP contribution in [0.4, 0.5) is 5.69 Å². The normalized spacial score (nSPS) is 20.0. The quantitative estimate of drug-likeness (QED) is 0.713. The van der Waals surface area contributed by atoms with Gasteiger partial charge in [-0.15, -0.1) is 0 Å². The highest BCUT2D eigenvalue weighted by Crippen LogP contribution is 2.31. The fourth-order valence-electron chi connectivity index (χ4n) is 3.66. The van der Waals surface area contributed by atoms with Gasteiger partial charge in [0.1, 0.15) is 5.54 Å². The van der Waals surface area contributed by atoms with Crippen LogP contribution in [0.2, 0.25) is 5.02 Å². The highest BCUT2D eigenvalue weighted by molar-refractivity contribution is 7.88. The molecule has 0 saturated carbocycles. The molecule has 1 fully saturated rings. The van der Waals surface area contributed by atoms with Crippen molar-refractivity contribution in [1.29, 1.82) is 0 Å². The van der Waals surface area contributed by atoms with Gasteiger partial charge in [0.15, 0.2) is 0 Å². The number of sulfonamides is 1. The Labute approximate surface area is 188 Å². The standard InChI is InChI=1S/C22H26ClN3O4S/c1-4-16-7-11-19(12-8-16)26-20(27)14-25(31(3,29)30)15-22(26,2)21(28)24-13-17-5-9-18(23)10-6-17/h5-12H,4,13-15H2,1-3H3,(H,24,28)/t22-/m1/s1. The number of carbonyl (C=O) groups is 2. The van der Waals surface area contributed by atoms with Crippen LogP contribution >= 0.6 is 11.6 Å². The van der Waals surface area contributed by atoms with Crippen molar-refractivity contribution in [3.8, 4) is 0 Å². The van der Waals surface area contributed by atoms with E-state index in [1.54, 1.807) is 43.3 Å². The third-order valence-electron chi connectivity index (χ3n) is 5.47. The second-order valence-electron chi connectivity index (χ2n) is 7.86. The van der Waals surface area contributed by atoms with E-state index in [1.165, 1.54) is 4.90 Å². The molecule has 1 aliphatic rings. The average molecular weight is 464 g/mol. The smallest absolute Gasteiger partial charge is 0.247 e. The van der Waals surface area contributed by atoms with Crippen molar-refractivity contribution < 1.29 is 18.0 Å². The van der Waals surface area contributed by atoms with E-state index in [2.05, 4.69) is 5.32 Å². The summed E-state index contributed by atoms with van der Waals surface area (Å²) in [6, 6.07) is 14.4. The predicted octanol–water partition coefficient (Wildman–Crippen LogP) is 2.59. The number of benzene rings is 2. The summed E-state index contributed by atoms with van der Waals surface area (Å²) in [6.07, 6.45) is 1.88. The van der Waals surface area contributed by atoms with Crippen molar-refractivity contribution in [2.75, 3.05) is 24.2 Å². The Morgan fingerprint density at radius 1 is 1.10 bits per heavy atom. The zero-order valence-electron chi connectivity index (χ0n) is 17.8. The van der Waals surface area contributed by atoms with E-state index < -0.39 is 27.4 Å². The van der Waals surface area contributed by atoms with Gasteiger partial charge in [0.25, 0.3) is 0 Å². The number of halogens is 1. The SMILES string of the molecule is CCc1ccc(N2C(=O)CN(S(C)(=O)=O)C[C@]2(C)C(=O)NCc2ccc(Cl)cc2)cc1. The molecule has 7 nitrogen and oxygen atoms in total. The molecule has 166 valence electrons. The lowest BCUT2D eigenvalue weighted by Crippen LogP contribution is -2.70. The molecule has 2 aromatic carbocycles. The van der Waals surface area contributed by atoms with Crippen LogP contribution in [0.15, 0.2) is 48.5 Å². The first-order chi connectivity index (χ1) is 14.5. The van der Waals surface area contributed by atoms with E-state index in [-0.39, 0.29) is 19.6 Å². The zero-order chi connectivity index (χ0) is 22.8. The predicted molar refractivity (Wildman–Crippen MR) is 121 cm³/mol. The van der Waals surface area contributed by atoms with Gasteiger partial charge in [0.2, 0.25) is 21.8 Å². The number of nitrogens with zero attached hydrogens (tertiary/aromatic N) is 2. The topological polar surface area (TPSA) is 86.8 Å².